The van der Waals surface area contributed by atoms with Crippen molar-refractivity contribution in [1.82, 2.24) is 10.2 Å². The highest BCUT2D eigenvalue weighted by Crippen LogP contribution is 2.11. The molecule has 0 fully saturated rings. The van der Waals surface area contributed by atoms with Crippen molar-refractivity contribution >= 4 is 0 Å². The fourth-order valence-electron chi connectivity index (χ4n) is 0.891. The number of aromatic amines is 1. The highest BCUT2D eigenvalue weighted by Gasteiger charge is 2.11. The van der Waals surface area contributed by atoms with Gasteiger partial charge in [-0.05, 0) is 13.3 Å². The smallest absolute Gasteiger partial charge is 0.390 e. The van der Waals surface area contributed by atoms with Crippen LogP contribution < -0.4 is 5.76 Å². The van der Waals surface area contributed by atoms with Crippen molar-refractivity contribution in [2.75, 3.05) is 6.61 Å². The predicted molar refractivity (Wildman–Crippen MR) is 46.4 cm³/mol. The molecule has 0 spiro atoms. The summed E-state index contributed by atoms with van der Waals surface area (Å²) in [6.45, 7) is 4.55. The van der Waals surface area contributed by atoms with E-state index in [1.807, 2.05) is 0 Å². The molecular weight excluding hydrogens is 172 g/mol. The van der Waals surface area contributed by atoms with Crippen LogP contribution in [-0.2, 0) is 4.74 Å². The molecule has 0 unspecified atom stereocenters. The zero-order valence-electron chi connectivity index (χ0n) is 7.87. The number of nitrogens with zero attached hydrogens (tertiary/aromatic N) is 1. The normalized spacial score (nSPS) is 13.1. The monoisotopic (exact) mass is 186 g/mol. The maximum atomic E-state index is 10.6. The third kappa shape index (κ3) is 3.02. The summed E-state index contributed by atoms with van der Waals surface area (Å²) in [6, 6.07) is 0. The molecule has 0 aliphatic heterocycles. The summed E-state index contributed by atoms with van der Waals surface area (Å²) in [5, 5.41) is 5.85. The summed E-state index contributed by atoms with van der Waals surface area (Å²) in [5.41, 5.74) is 0. The van der Waals surface area contributed by atoms with E-state index in [9.17, 15) is 4.79 Å². The molecule has 1 atom stereocenters. The van der Waals surface area contributed by atoms with E-state index in [2.05, 4.69) is 17.1 Å². The molecule has 0 radical (unpaired) electrons. The van der Waals surface area contributed by atoms with Crippen LogP contribution in [0.2, 0.25) is 0 Å². The molecule has 5 nitrogen and oxygen atoms in total. The molecule has 1 rings (SSSR count). The Morgan fingerprint density at radius 2 is 2.46 bits per heavy atom. The number of aromatic nitrogens is 2. The third-order valence-corrected chi connectivity index (χ3v) is 1.67. The lowest BCUT2D eigenvalue weighted by Gasteiger charge is -2.07. The summed E-state index contributed by atoms with van der Waals surface area (Å²) in [7, 11) is 0. The molecule has 0 saturated heterocycles. The van der Waals surface area contributed by atoms with E-state index in [4.69, 9.17) is 9.15 Å². The quantitative estimate of drug-likeness (QED) is 0.702. The molecule has 0 aromatic carbocycles. The zero-order chi connectivity index (χ0) is 9.68. The summed E-state index contributed by atoms with van der Waals surface area (Å²) in [5.74, 6) is -0.234. The second-order valence-corrected chi connectivity index (χ2v) is 2.82. The number of hydrogen-bond acceptors (Lipinski definition) is 4. The Hall–Kier alpha value is -1.10. The molecular formula is C8H14N2O3. The molecule has 1 N–H and O–H groups in total. The Balaban J connectivity index is 2.39. The second kappa shape index (κ2) is 4.81. The van der Waals surface area contributed by atoms with Gasteiger partial charge in [0.1, 0.15) is 6.10 Å². The van der Waals surface area contributed by atoms with Crippen LogP contribution in [0, 0.1) is 0 Å². The van der Waals surface area contributed by atoms with E-state index < -0.39 is 5.76 Å². The number of ether oxygens (including phenoxy) is 1. The lowest BCUT2D eigenvalue weighted by atomic mass is 10.3. The summed E-state index contributed by atoms with van der Waals surface area (Å²) in [6.07, 6.45) is 1.82. The first-order valence-corrected chi connectivity index (χ1v) is 4.41. The van der Waals surface area contributed by atoms with E-state index in [-0.39, 0.29) is 6.10 Å². The van der Waals surface area contributed by atoms with Gasteiger partial charge >= 0.3 is 5.76 Å². The van der Waals surface area contributed by atoms with E-state index in [1.165, 1.54) is 0 Å². The van der Waals surface area contributed by atoms with Crippen molar-refractivity contribution in [3.05, 3.63) is 16.4 Å². The molecule has 5 heteroatoms. The summed E-state index contributed by atoms with van der Waals surface area (Å²) in [4.78, 5) is 10.6. The number of H-pyrrole nitrogens is 1. The highest BCUT2D eigenvalue weighted by molar-refractivity contribution is 4.78. The molecule has 0 aliphatic rings. The summed E-state index contributed by atoms with van der Waals surface area (Å²) >= 11 is 0. The Morgan fingerprint density at radius 3 is 3.00 bits per heavy atom. The van der Waals surface area contributed by atoms with Crippen LogP contribution in [-0.4, -0.2) is 16.8 Å². The molecule has 0 saturated carbocycles. The molecule has 74 valence electrons. The standard InChI is InChI=1S/C8H14N2O3/c1-3-4-5-12-6(2)7-9-10-8(11)13-7/h6H,3-5H2,1-2H3,(H,10,11)/t6-/m1/s1. The maximum absolute atomic E-state index is 10.6. The van der Waals surface area contributed by atoms with Crippen LogP contribution in [0.3, 0.4) is 0 Å². The van der Waals surface area contributed by atoms with Gasteiger partial charge in [0.05, 0.1) is 0 Å². The minimum atomic E-state index is -0.541. The van der Waals surface area contributed by atoms with Crippen LogP contribution in [0.1, 0.15) is 38.7 Å². The van der Waals surface area contributed by atoms with Gasteiger partial charge in [-0.15, -0.1) is 5.10 Å². The average molecular weight is 186 g/mol. The molecule has 0 aliphatic carbocycles. The fraction of sp³-hybridized carbons (Fsp3) is 0.750. The van der Waals surface area contributed by atoms with Crippen LogP contribution in [0.15, 0.2) is 9.21 Å². The number of nitrogens with one attached hydrogen (secondary N) is 1. The Labute approximate surface area is 76.1 Å². The van der Waals surface area contributed by atoms with Gasteiger partial charge in [-0.1, -0.05) is 13.3 Å². The van der Waals surface area contributed by atoms with Crippen LogP contribution in [0.5, 0.6) is 0 Å². The molecule has 13 heavy (non-hydrogen) atoms. The first kappa shape index (κ1) is 9.98. The van der Waals surface area contributed by atoms with E-state index in [0.29, 0.717) is 12.5 Å². The number of hydrogen-bond donors (Lipinski definition) is 1. The van der Waals surface area contributed by atoms with Gasteiger partial charge in [0.25, 0.3) is 0 Å². The summed E-state index contributed by atoms with van der Waals surface area (Å²) < 4.78 is 10.1. The molecule has 1 aromatic heterocycles. The van der Waals surface area contributed by atoms with E-state index in [0.717, 1.165) is 12.8 Å². The lowest BCUT2D eigenvalue weighted by Crippen LogP contribution is -2.02. The molecule has 0 bridgehead atoms. The molecule has 1 aromatic rings. The van der Waals surface area contributed by atoms with Gasteiger partial charge in [-0.3, -0.25) is 0 Å². The average Bonchev–Trinajstić information content (AvgIpc) is 2.52. The van der Waals surface area contributed by atoms with E-state index >= 15 is 0 Å². The minimum absolute atomic E-state index is 0.259. The van der Waals surface area contributed by atoms with Crippen molar-refractivity contribution in [3.63, 3.8) is 0 Å². The SMILES string of the molecule is CCCCO[C@H](C)c1n[nH]c(=O)o1. The fourth-order valence-corrected chi connectivity index (χ4v) is 0.891. The minimum Gasteiger partial charge on any atom is -0.390 e. The Morgan fingerprint density at radius 1 is 1.69 bits per heavy atom. The van der Waals surface area contributed by atoms with Gasteiger partial charge in [0.2, 0.25) is 5.89 Å². The van der Waals surface area contributed by atoms with Crippen molar-refractivity contribution in [2.24, 2.45) is 0 Å². The second-order valence-electron chi connectivity index (χ2n) is 2.82. The van der Waals surface area contributed by atoms with Crippen LogP contribution >= 0.6 is 0 Å². The van der Waals surface area contributed by atoms with Crippen molar-refractivity contribution in [2.45, 2.75) is 32.8 Å². The van der Waals surface area contributed by atoms with Crippen molar-refractivity contribution < 1.29 is 9.15 Å². The highest BCUT2D eigenvalue weighted by atomic mass is 16.5. The van der Waals surface area contributed by atoms with Crippen LogP contribution in [0.4, 0.5) is 0 Å². The van der Waals surface area contributed by atoms with Gasteiger partial charge < -0.3 is 9.15 Å². The first-order chi connectivity index (χ1) is 6.24. The van der Waals surface area contributed by atoms with Gasteiger partial charge in [0.15, 0.2) is 0 Å². The van der Waals surface area contributed by atoms with Gasteiger partial charge in [0, 0.05) is 6.61 Å². The van der Waals surface area contributed by atoms with E-state index in [1.54, 1.807) is 6.92 Å². The zero-order valence-corrected chi connectivity index (χ0v) is 7.87. The van der Waals surface area contributed by atoms with Crippen molar-refractivity contribution in [1.29, 1.82) is 0 Å². The van der Waals surface area contributed by atoms with Gasteiger partial charge in [-0.2, -0.15) is 0 Å². The molecule has 1 heterocycles. The Bertz CT molecular complexity index is 292. The topological polar surface area (TPSA) is 68.1 Å². The number of rotatable bonds is 5. The Kier molecular flexibility index (Phi) is 3.70. The predicted octanol–water partition coefficient (Wildman–Crippen LogP) is 1.24. The largest absolute Gasteiger partial charge is 0.434 e. The third-order valence-electron chi connectivity index (χ3n) is 1.67. The molecule has 0 amide bonds. The lowest BCUT2D eigenvalue weighted by molar-refractivity contribution is 0.0443. The maximum Gasteiger partial charge on any atom is 0.434 e. The van der Waals surface area contributed by atoms with Gasteiger partial charge in [-0.25, -0.2) is 9.89 Å². The number of unbranched alkanes of at least 4 members (excludes halogenated alkanes) is 1. The van der Waals surface area contributed by atoms with Crippen LogP contribution in [0.25, 0.3) is 0 Å². The van der Waals surface area contributed by atoms with Crippen molar-refractivity contribution in [3.8, 4) is 0 Å². The first-order valence-electron chi connectivity index (χ1n) is 4.41.